The molecular weight excluding hydrogens is 279 g/mol. The van der Waals surface area contributed by atoms with Gasteiger partial charge in [0, 0.05) is 0 Å². The van der Waals surface area contributed by atoms with Gasteiger partial charge in [-0.1, -0.05) is 0 Å². The average Bonchev–Trinajstić information content (AvgIpc) is 2.48. The Morgan fingerprint density at radius 1 is 0.905 bits per heavy atom. The zero-order valence-electron chi connectivity index (χ0n) is 14.8. The molecule has 0 bridgehead atoms. The van der Waals surface area contributed by atoms with Crippen molar-refractivity contribution in [3.63, 3.8) is 0 Å². The van der Waals surface area contributed by atoms with Crippen molar-refractivity contribution in [3.05, 3.63) is 12.2 Å². The van der Waals surface area contributed by atoms with Gasteiger partial charge in [-0.15, -0.1) is 0 Å². The first-order valence-corrected chi connectivity index (χ1v) is 11.7. The fourth-order valence-electron chi connectivity index (χ4n) is 2.89. The number of rotatable bonds is 13. The summed E-state index contributed by atoms with van der Waals surface area (Å²) in [6.07, 6.45) is 13.2. The molecule has 0 spiro atoms. The van der Waals surface area contributed by atoms with E-state index in [0.717, 1.165) is 6.16 Å². The first kappa shape index (κ1) is 20.6. The zero-order chi connectivity index (χ0) is 16.1. The molecule has 0 aromatic heterocycles. The summed E-state index contributed by atoms with van der Waals surface area (Å²) >= 11 is 0. The number of unbranched alkanes of at least 4 members (excludes halogenated alkanes) is 3. The van der Waals surface area contributed by atoms with Gasteiger partial charge in [0.05, 0.1) is 0 Å². The molecule has 0 fully saturated rings. The van der Waals surface area contributed by atoms with E-state index < -0.39 is 7.26 Å². The Kier molecular flexibility index (Phi) is 12.0. The Labute approximate surface area is 133 Å². The van der Waals surface area contributed by atoms with E-state index in [1.165, 1.54) is 57.0 Å². The van der Waals surface area contributed by atoms with Crippen LogP contribution in [-0.2, 0) is 9.53 Å². The van der Waals surface area contributed by atoms with Gasteiger partial charge in [0.2, 0.25) is 0 Å². The topological polar surface area (TPSA) is 26.3 Å². The molecule has 0 unspecified atom stereocenters. The van der Waals surface area contributed by atoms with Crippen LogP contribution in [-0.4, -0.2) is 37.2 Å². The molecule has 0 amide bonds. The van der Waals surface area contributed by atoms with E-state index in [-0.39, 0.29) is 5.97 Å². The van der Waals surface area contributed by atoms with Crippen molar-refractivity contribution in [2.45, 2.75) is 66.2 Å². The van der Waals surface area contributed by atoms with Crippen molar-refractivity contribution in [2.24, 2.45) is 0 Å². The molecule has 0 atom stereocenters. The summed E-state index contributed by atoms with van der Waals surface area (Å²) in [5.74, 6) is -0.223. The monoisotopic (exact) mass is 316 g/mol. The Morgan fingerprint density at radius 3 is 1.67 bits per heavy atom. The van der Waals surface area contributed by atoms with Gasteiger partial charge in [0.15, 0.2) is 0 Å². The SMILES string of the molecule is C=C(C)C(=O)OCC[PH](CCCC)(CCCC)CCCC. The predicted octanol–water partition coefficient (Wildman–Crippen LogP) is 5.26. The number of ether oxygens (including phenoxy) is 1. The molecule has 0 aliphatic carbocycles. The van der Waals surface area contributed by atoms with Crippen LogP contribution in [0.3, 0.4) is 0 Å². The molecule has 0 aliphatic rings. The van der Waals surface area contributed by atoms with Crippen LogP contribution >= 0.6 is 7.26 Å². The van der Waals surface area contributed by atoms with E-state index in [1.807, 2.05) is 0 Å². The molecule has 0 aromatic carbocycles. The van der Waals surface area contributed by atoms with Crippen molar-refractivity contribution >= 4 is 13.2 Å². The molecule has 0 radical (unpaired) electrons. The van der Waals surface area contributed by atoms with Crippen molar-refractivity contribution in [3.8, 4) is 0 Å². The molecule has 0 heterocycles. The van der Waals surface area contributed by atoms with Crippen molar-refractivity contribution in [1.82, 2.24) is 0 Å². The second-order valence-corrected chi connectivity index (χ2v) is 11.5. The van der Waals surface area contributed by atoms with E-state index in [2.05, 4.69) is 27.4 Å². The maximum absolute atomic E-state index is 11.6. The molecule has 3 heteroatoms. The zero-order valence-corrected chi connectivity index (χ0v) is 15.8. The summed E-state index contributed by atoms with van der Waals surface area (Å²) < 4.78 is 5.40. The second-order valence-electron chi connectivity index (χ2n) is 6.48. The summed E-state index contributed by atoms with van der Waals surface area (Å²) in [6, 6.07) is 0. The molecule has 0 aromatic rings. The standard InChI is InChI=1S/C18H37O2P/c1-6-9-13-21(14-10-7-2,15-11-8-3)16-12-20-18(19)17(4)5/h21H,4,6-16H2,1-3,5H3. The van der Waals surface area contributed by atoms with Crippen LogP contribution in [0.5, 0.6) is 0 Å². The van der Waals surface area contributed by atoms with Crippen LogP contribution in [0.1, 0.15) is 66.2 Å². The fourth-order valence-corrected chi connectivity index (χ4v) is 8.23. The van der Waals surface area contributed by atoms with Gasteiger partial charge in [0.1, 0.15) is 0 Å². The quantitative estimate of drug-likeness (QED) is 0.263. The van der Waals surface area contributed by atoms with Gasteiger partial charge in [-0.3, -0.25) is 0 Å². The van der Waals surface area contributed by atoms with Crippen molar-refractivity contribution in [1.29, 1.82) is 0 Å². The molecule has 0 aliphatic heterocycles. The van der Waals surface area contributed by atoms with Crippen LogP contribution in [0.25, 0.3) is 0 Å². The van der Waals surface area contributed by atoms with E-state index >= 15 is 0 Å². The minimum atomic E-state index is -1.27. The van der Waals surface area contributed by atoms with Crippen LogP contribution in [0.15, 0.2) is 12.2 Å². The molecule has 0 saturated heterocycles. The second kappa shape index (κ2) is 12.2. The molecule has 126 valence electrons. The van der Waals surface area contributed by atoms with E-state index in [0.29, 0.717) is 12.2 Å². The van der Waals surface area contributed by atoms with Gasteiger partial charge in [-0.25, -0.2) is 0 Å². The van der Waals surface area contributed by atoms with Gasteiger partial charge in [-0.05, 0) is 0 Å². The Bertz CT molecular complexity index is 278. The molecule has 2 nitrogen and oxygen atoms in total. The number of carbonyl (C=O) groups is 1. The van der Waals surface area contributed by atoms with E-state index in [1.54, 1.807) is 6.92 Å². The minimum absolute atomic E-state index is 0.223. The van der Waals surface area contributed by atoms with Gasteiger partial charge >= 0.3 is 132 Å². The third kappa shape index (κ3) is 9.30. The Morgan fingerprint density at radius 2 is 1.33 bits per heavy atom. The molecule has 21 heavy (non-hydrogen) atoms. The van der Waals surface area contributed by atoms with Crippen molar-refractivity contribution in [2.75, 3.05) is 31.3 Å². The van der Waals surface area contributed by atoms with Gasteiger partial charge < -0.3 is 0 Å². The molecule has 0 rings (SSSR count). The first-order chi connectivity index (χ1) is 10.0. The molecular formula is C18H37O2P. The fraction of sp³-hybridized carbons (Fsp3) is 0.833. The normalized spacial score (nSPS) is 12.2. The number of esters is 1. The summed E-state index contributed by atoms with van der Waals surface area (Å²) in [4.78, 5) is 11.6. The Hall–Kier alpha value is -0.360. The van der Waals surface area contributed by atoms with E-state index in [9.17, 15) is 4.79 Å². The van der Waals surface area contributed by atoms with E-state index in [4.69, 9.17) is 4.74 Å². The third-order valence-electron chi connectivity index (χ3n) is 4.40. The number of hydrogen-bond donors (Lipinski definition) is 0. The number of carbonyl (C=O) groups excluding carboxylic acids is 1. The summed E-state index contributed by atoms with van der Waals surface area (Å²) in [7, 11) is -1.27. The third-order valence-corrected chi connectivity index (χ3v) is 9.90. The summed E-state index contributed by atoms with van der Waals surface area (Å²) in [5, 5.41) is 0. The summed E-state index contributed by atoms with van der Waals surface area (Å²) in [6.45, 7) is 12.8. The predicted molar refractivity (Wildman–Crippen MR) is 98.3 cm³/mol. The van der Waals surface area contributed by atoms with Crippen LogP contribution in [0.2, 0.25) is 0 Å². The van der Waals surface area contributed by atoms with Gasteiger partial charge in [0.25, 0.3) is 0 Å². The van der Waals surface area contributed by atoms with Crippen LogP contribution in [0.4, 0.5) is 0 Å². The Balaban J connectivity index is 4.61. The summed E-state index contributed by atoms with van der Waals surface area (Å²) in [5.41, 5.74) is 0.512. The van der Waals surface area contributed by atoms with Crippen LogP contribution in [0, 0.1) is 0 Å². The average molecular weight is 316 g/mol. The first-order valence-electron chi connectivity index (χ1n) is 8.84. The molecule has 0 saturated carbocycles. The van der Waals surface area contributed by atoms with Crippen molar-refractivity contribution < 1.29 is 9.53 Å². The van der Waals surface area contributed by atoms with Crippen LogP contribution < -0.4 is 0 Å². The van der Waals surface area contributed by atoms with Gasteiger partial charge in [-0.2, -0.15) is 0 Å². The maximum atomic E-state index is 11.6. The molecule has 0 N–H and O–H groups in total. The number of hydrogen-bond acceptors (Lipinski definition) is 2.